The highest BCUT2D eigenvalue weighted by Crippen LogP contribution is 2.19. The quantitative estimate of drug-likeness (QED) is 0.219. The lowest BCUT2D eigenvalue weighted by molar-refractivity contribution is 0.0455. The first-order chi connectivity index (χ1) is 26.8. The summed E-state index contributed by atoms with van der Waals surface area (Å²) in [5, 5.41) is 23.2. The van der Waals surface area contributed by atoms with Crippen LogP contribution in [0.15, 0.2) is 72.8 Å². The van der Waals surface area contributed by atoms with E-state index in [0.717, 1.165) is 0 Å². The maximum atomic E-state index is 12.9. The molecule has 57 heavy (non-hydrogen) atoms. The zero-order valence-corrected chi connectivity index (χ0v) is 32.9. The highest BCUT2D eigenvalue weighted by atomic mass is 19.1. The minimum Gasteiger partial charge on any atom is -0.508 e. The van der Waals surface area contributed by atoms with Crippen molar-refractivity contribution in [1.82, 2.24) is 10.6 Å². The van der Waals surface area contributed by atoms with Crippen molar-refractivity contribution < 1.29 is 66.1 Å². The number of carbonyl (C=O) groups excluding carboxylic acids is 2. The van der Waals surface area contributed by atoms with Crippen molar-refractivity contribution in [3.8, 4) is 17.2 Å². The molecule has 3 saturated heterocycles. The molecule has 3 aromatic carbocycles. The number of hydrogen-bond donors (Lipinski definition) is 5. The van der Waals surface area contributed by atoms with Gasteiger partial charge in [-0.3, -0.25) is 0 Å². The molecule has 17 heteroatoms. The summed E-state index contributed by atoms with van der Waals surface area (Å²) in [6, 6.07) is 15.9. The van der Waals surface area contributed by atoms with Crippen LogP contribution in [0.5, 0.6) is 17.2 Å². The van der Waals surface area contributed by atoms with Gasteiger partial charge in [-0.25, -0.2) is 22.8 Å². The summed E-state index contributed by atoms with van der Waals surface area (Å²) in [7, 11) is 0. The average Bonchev–Trinajstić information content (AvgIpc) is 3.85. The molecule has 0 saturated carbocycles. The topological polar surface area (TPSA) is 189 Å². The Balaban J connectivity index is 0.000000214. The number of phenolic OH excluding ortho intramolecular Hbond substituents is 1. The number of aliphatic hydroxyl groups is 1. The molecule has 0 spiro atoms. The Kier molecular flexibility index (Phi) is 18.1. The molecular weight excluding hydrogens is 755 g/mol. The molecule has 6 atom stereocenters. The van der Waals surface area contributed by atoms with Gasteiger partial charge in [-0.05, 0) is 114 Å². The second-order valence-corrected chi connectivity index (χ2v) is 15.0. The van der Waals surface area contributed by atoms with Crippen molar-refractivity contribution in [3.05, 3.63) is 90.2 Å². The molecule has 2 amide bonds. The fraction of sp³-hybridized carbons (Fsp3) is 0.500. The number of benzene rings is 3. The number of nitrogens with one attached hydrogen (secondary N) is 2. The van der Waals surface area contributed by atoms with E-state index in [1.165, 1.54) is 60.7 Å². The average molecular weight is 810 g/mol. The third-order valence-electron chi connectivity index (χ3n) is 7.58. The number of nitrogens with two attached hydrogens (primary N) is 1. The number of alkyl carbamates (subject to hydrolysis) is 2. The number of aromatic hydroxyl groups is 1. The van der Waals surface area contributed by atoms with Crippen molar-refractivity contribution in [3.63, 3.8) is 0 Å². The van der Waals surface area contributed by atoms with Crippen molar-refractivity contribution in [2.75, 3.05) is 39.6 Å². The van der Waals surface area contributed by atoms with E-state index in [9.17, 15) is 27.9 Å². The predicted octanol–water partition coefficient (Wildman–Crippen LogP) is 5.23. The van der Waals surface area contributed by atoms with Gasteiger partial charge >= 0.3 is 12.2 Å². The Labute approximate surface area is 330 Å². The lowest BCUT2D eigenvalue weighted by Crippen LogP contribution is -2.46. The molecule has 3 aromatic rings. The summed E-state index contributed by atoms with van der Waals surface area (Å²) in [5.41, 5.74) is 4.65. The Morgan fingerprint density at radius 2 is 1.00 bits per heavy atom. The Morgan fingerprint density at radius 3 is 1.40 bits per heavy atom. The Hall–Kier alpha value is -4.81. The molecule has 316 valence electrons. The molecular formula is C40H54F3N3O11. The van der Waals surface area contributed by atoms with Gasteiger partial charge in [0.25, 0.3) is 0 Å². The molecule has 0 radical (unpaired) electrons. The third kappa shape index (κ3) is 18.8. The van der Waals surface area contributed by atoms with E-state index in [0.29, 0.717) is 44.5 Å². The van der Waals surface area contributed by atoms with Crippen LogP contribution in [-0.2, 0) is 23.7 Å². The van der Waals surface area contributed by atoms with E-state index in [4.69, 9.17) is 44.0 Å². The van der Waals surface area contributed by atoms with Crippen molar-refractivity contribution in [2.24, 2.45) is 5.73 Å². The Morgan fingerprint density at radius 1 is 0.614 bits per heavy atom. The number of ether oxygens (including phenoxy) is 7. The van der Waals surface area contributed by atoms with Gasteiger partial charge in [0, 0.05) is 0 Å². The third-order valence-corrected chi connectivity index (χ3v) is 7.58. The van der Waals surface area contributed by atoms with Crippen molar-refractivity contribution >= 4 is 12.2 Å². The molecule has 6 N–H and O–H groups in total. The fourth-order valence-electron chi connectivity index (χ4n) is 4.87. The van der Waals surface area contributed by atoms with E-state index in [1.807, 2.05) is 0 Å². The fourth-order valence-corrected chi connectivity index (χ4v) is 4.87. The molecule has 0 aromatic heterocycles. The first-order valence-electron chi connectivity index (χ1n) is 18.2. The summed E-state index contributed by atoms with van der Waals surface area (Å²) >= 11 is 0. The molecule has 3 heterocycles. The van der Waals surface area contributed by atoms with Gasteiger partial charge in [0.2, 0.25) is 0 Å². The minimum atomic E-state index is -0.637. The van der Waals surface area contributed by atoms with Gasteiger partial charge in [-0.1, -0.05) is 0 Å². The molecule has 6 rings (SSSR count). The van der Waals surface area contributed by atoms with Gasteiger partial charge in [0.05, 0.1) is 63.9 Å². The molecule has 3 aliphatic heterocycles. The smallest absolute Gasteiger partial charge is 0.408 e. The Bertz CT molecular complexity index is 1620. The van der Waals surface area contributed by atoms with Crippen LogP contribution in [-0.4, -0.2) is 110 Å². The van der Waals surface area contributed by atoms with Crippen molar-refractivity contribution in [2.45, 2.75) is 89.2 Å². The summed E-state index contributed by atoms with van der Waals surface area (Å²) in [6.07, 6.45) is -2.12. The van der Waals surface area contributed by atoms with E-state index in [2.05, 4.69) is 10.6 Å². The lowest BCUT2D eigenvalue weighted by Gasteiger charge is -2.24. The summed E-state index contributed by atoms with van der Waals surface area (Å²) in [5.74, 6) is 0.312. The highest BCUT2D eigenvalue weighted by Gasteiger charge is 2.33. The van der Waals surface area contributed by atoms with Crippen LogP contribution >= 0.6 is 0 Å². The van der Waals surface area contributed by atoms with Crippen LogP contribution in [0.4, 0.5) is 22.8 Å². The summed E-state index contributed by atoms with van der Waals surface area (Å²) in [4.78, 5) is 23.0. The standard InChI is InChI=1S/C15H20FNO4.C10H12FNO2.C9H17NO4.C6H5FO/c1-15(2,3)21-14(18)17-12-8-19-9-13(12)20-11-6-4-10(16)5-7-11;11-7-1-3-8(4-2-7)14-10-6-13-5-9(10)12;1-9(2,3)14-8(12)10-6-4-13-5-7(6)11;7-5-1-3-6(8)4-2-5/h4-7,12-13H,8-9H2,1-3H3,(H,17,18);1-4,9-10H,5-6,12H2;6-7,11H,4-5H2,1-3H3,(H,10,12);1-4,8H. The van der Waals surface area contributed by atoms with Gasteiger partial charge in [0.15, 0.2) is 0 Å². The number of carbonyl (C=O) groups is 2. The second kappa shape index (κ2) is 22.2. The lowest BCUT2D eigenvalue weighted by atomic mass is 10.2. The van der Waals surface area contributed by atoms with Crippen LogP contribution in [0.2, 0.25) is 0 Å². The molecule has 3 fully saturated rings. The SMILES string of the molecule is CC(C)(C)OC(=O)NC1COCC1O.CC(C)(C)OC(=O)NC1COCC1Oc1ccc(F)cc1.NC1COCC1Oc1ccc(F)cc1.Oc1ccc(F)cc1. The predicted molar refractivity (Wildman–Crippen MR) is 202 cm³/mol. The molecule has 14 nitrogen and oxygen atoms in total. The maximum Gasteiger partial charge on any atom is 0.408 e. The van der Waals surface area contributed by atoms with Gasteiger partial charge in [0.1, 0.15) is 58.1 Å². The number of phenols is 1. The second-order valence-electron chi connectivity index (χ2n) is 15.0. The van der Waals surface area contributed by atoms with Crippen LogP contribution in [0.1, 0.15) is 41.5 Å². The van der Waals surface area contributed by atoms with Crippen LogP contribution in [0.3, 0.4) is 0 Å². The van der Waals surface area contributed by atoms with E-state index in [1.54, 1.807) is 53.7 Å². The number of halogens is 3. The van der Waals surface area contributed by atoms with E-state index < -0.39 is 29.5 Å². The maximum absolute atomic E-state index is 12.9. The van der Waals surface area contributed by atoms with Crippen LogP contribution in [0, 0.1) is 17.5 Å². The van der Waals surface area contributed by atoms with Crippen molar-refractivity contribution in [1.29, 1.82) is 0 Å². The molecule has 6 unspecified atom stereocenters. The zero-order chi connectivity index (χ0) is 42.2. The zero-order valence-electron chi connectivity index (χ0n) is 32.9. The largest absolute Gasteiger partial charge is 0.508 e. The normalized spacial score (nSPS) is 22.6. The first-order valence-corrected chi connectivity index (χ1v) is 18.2. The van der Waals surface area contributed by atoms with E-state index in [-0.39, 0.29) is 60.1 Å². The number of aliphatic hydroxyl groups excluding tert-OH is 1. The highest BCUT2D eigenvalue weighted by molar-refractivity contribution is 5.68. The number of hydrogen-bond acceptors (Lipinski definition) is 12. The van der Waals surface area contributed by atoms with Gasteiger partial charge in [-0.15, -0.1) is 0 Å². The van der Waals surface area contributed by atoms with Gasteiger partial charge < -0.3 is 59.7 Å². The minimum absolute atomic E-state index is 0.0893. The van der Waals surface area contributed by atoms with Gasteiger partial charge in [-0.2, -0.15) is 0 Å². The molecule has 3 aliphatic rings. The summed E-state index contributed by atoms with van der Waals surface area (Å²) in [6.45, 7) is 13.1. The summed E-state index contributed by atoms with van der Waals surface area (Å²) < 4.78 is 74.3. The number of rotatable bonds is 6. The van der Waals surface area contributed by atoms with Crippen LogP contribution < -0.4 is 25.8 Å². The monoisotopic (exact) mass is 809 g/mol. The molecule has 0 bridgehead atoms. The van der Waals surface area contributed by atoms with E-state index >= 15 is 0 Å². The number of amides is 2. The first kappa shape index (κ1) is 46.6. The molecule has 0 aliphatic carbocycles. The van der Waals surface area contributed by atoms with Crippen LogP contribution in [0.25, 0.3) is 0 Å².